The quantitative estimate of drug-likeness (QED) is 0.433. The molecule has 0 aliphatic rings. The molecule has 1 atom stereocenters. The van der Waals surface area contributed by atoms with Crippen molar-refractivity contribution in [2.24, 2.45) is 0 Å². The van der Waals surface area contributed by atoms with Crippen molar-refractivity contribution in [1.29, 1.82) is 0 Å². The van der Waals surface area contributed by atoms with Crippen LogP contribution in [0.25, 0.3) is 0 Å². The minimum Gasteiger partial charge on any atom is -1.00 e. The first-order valence-electron chi connectivity index (χ1n) is 6.30. The van der Waals surface area contributed by atoms with Crippen LogP contribution >= 0.6 is 11.3 Å². The average Bonchev–Trinajstić information content (AvgIpc) is 2.87. The highest BCUT2D eigenvalue weighted by atomic mass is 79.9. The lowest BCUT2D eigenvalue weighted by Crippen LogP contribution is -3.00. The number of benzene rings is 1. The number of carbonyl (C=O) groups is 2. The summed E-state index contributed by atoms with van der Waals surface area (Å²) in [4.78, 5) is 23.2. The molecule has 0 aliphatic carbocycles. The zero-order chi connectivity index (χ0) is 14.5. The van der Waals surface area contributed by atoms with Crippen molar-refractivity contribution >= 4 is 23.1 Å². The topological polar surface area (TPSA) is 48.3 Å². The van der Waals surface area contributed by atoms with Gasteiger partial charge in [-0.05, 0) is 6.92 Å². The first-order valence-corrected chi connectivity index (χ1v) is 7.18. The van der Waals surface area contributed by atoms with E-state index >= 15 is 0 Å². The van der Waals surface area contributed by atoms with E-state index < -0.39 is 0 Å². The number of hydrogen-bond donors (Lipinski definition) is 0. The summed E-state index contributed by atoms with van der Waals surface area (Å²) in [6.07, 6.45) is 1.48. The maximum atomic E-state index is 12.2. The lowest BCUT2D eigenvalue weighted by molar-refractivity contribution is -0.145. The lowest BCUT2D eigenvalue weighted by atomic mass is 10.1. The van der Waals surface area contributed by atoms with E-state index in [9.17, 15) is 9.59 Å². The molecule has 0 amide bonds. The largest absolute Gasteiger partial charge is 1.00 e. The van der Waals surface area contributed by atoms with Crippen LogP contribution in [0.2, 0.25) is 0 Å². The maximum Gasteiger partial charge on any atom is 0.304 e. The Morgan fingerprint density at radius 2 is 2.00 bits per heavy atom. The SMILES string of the molecule is CC(=O)OC(C)[c+]1sccn1CC(=O)c1ccccc1.[Br-]. The minimum atomic E-state index is -0.351. The highest BCUT2D eigenvalue weighted by molar-refractivity contribution is 7.09. The second-order valence-corrected chi connectivity index (χ2v) is 5.34. The molecule has 0 saturated carbocycles. The second kappa shape index (κ2) is 8.05. The zero-order valence-corrected chi connectivity index (χ0v) is 14.2. The molecule has 112 valence electrons. The van der Waals surface area contributed by atoms with Gasteiger partial charge in [-0.1, -0.05) is 30.3 Å². The Labute approximate surface area is 138 Å². The van der Waals surface area contributed by atoms with E-state index in [4.69, 9.17) is 4.74 Å². The molecular weight excluding hydrogens is 354 g/mol. The monoisotopic (exact) mass is 369 g/mol. The summed E-state index contributed by atoms with van der Waals surface area (Å²) < 4.78 is 6.99. The van der Waals surface area contributed by atoms with Crippen molar-refractivity contribution in [1.82, 2.24) is 4.57 Å². The van der Waals surface area contributed by atoms with Crippen molar-refractivity contribution in [3.05, 3.63) is 52.5 Å². The van der Waals surface area contributed by atoms with E-state index in [0.29, 0.717) is 5.56 Å². The third-order valence-electron chi connectivity index (χ3n) is 2.81. The van der Waals surface area contributed by atoms with Crippen LogP contribution in [0, 0.1) is 0 Å². The van der Waals surface area contributed by atoms with Gasteiger partial charge in [0.15, 0.2) is 23.5 Å². The summed E-state index contributed by atoms with van der Waals surface area (Å²) in [6.45, 7) is 3.43. The second-order valence-electron chi connectivity index (χ2n) is 4.41. The third kappa shape index (κ3) is 4.75. The summed E-state index contributed by atoms with van der Waals surface area (Å²) in [5.41, 5.74) is 0.678. The van der Waals surface area contributed by atoms with Crippen LogP contribution in [-0.4, -0.2) is 16.3 Å². The first kappa shape index (κ1) is 17.5. The number of esters is 1. The molecule has 1 heterocycles. The molecular formula is C15H16BrNO3S. The molecule has 0 radical (unpaired) electrons. The number of nitrogens with zero attached hydrogens (tertiary/aromatic N) is 1. The van der Waals surface area contributed by atoms with Crippen LogP contribution in [0.5, 0.6) is 0 Å². The van der Waals surface area contributed by atoms with Crippen LogP contribution in [0.15, 0.2) is 41.9 Å². The molecule has 0 fully saturated rings. The van der Waals surface area contributed by atoms with Gasteiger partial charge >= 0.3 is 5.97 Å². The van der Waals surface area contributed by atoms with Crippen molar-refractivity contribution in [3.8, 4) is 0 Å². The van der Waals surface area contributed by atoms with E-state index in [1.807, 2.05) is 34.3 Å². The van der Waals surface area contributed by atoms with Gasteiger partial charge in [0.25, 0.3) is 0 Å². The molecule has 2 aromatic rings. The standard InChI is InChI=1S/C15H16NO3S.BrH/c1-11(19-12(2)17)15-16(8-9-20-15)10-14(18)13-6-4-3-5-7-13;/h3-9,11H,10H2,1-2H3;1H/q+1;/p-1. The number of Topliss-reactive ketones (excluding diaryl/α,β-unsaturated/α-hetero) is 1. The van der Waals surface area contributed by atoms with Crippen LogP contribution in [0.4, 0.5) is 0 Å². The van der Waals surface area contributed by atoms with E-state index in [-0.39, 0.29) is 41.4 Å². The maximum absolute atomic E-state index is 12.2. The molecule has 0 N–H and O–H groups in total. The Morgan fingerprint density at radius 3 is 2.62 bits per heavy atom. The van der Waals surface area contributed by atoms with Crippen molar-refractivity contribution in [2.45, 2.75) is 26.5 Å². The summed E-state index contributed by atoms with van der Waals surface area (Å²) in [5.74, 6) is -0.294. The highest BCUT2D eigenvalue weighted by Crippen LogP contribution is 2.23. The smallest absolute Gasteiger partial charge is 0.304 e. The number of carbonyl (C=O) groups excluding carboxylic acids is 2. The van der Waals surface area contributed by atoms with Gasteiger partial charge in [-0.3, -0.25) is 9.59 Å². The van der Waals surface area contributed by atoms with Gasteiger partial charge in [-0.2, -0.15) is 0 Å². The Kier molecular flexibility index (Phi) is 6.71. The van der Waals surface area contributed by atoms with Gasteiger partial charge in [0.2, 0.25) is 5.01 Å². The fraction of sp³-hybridized carbons (Fsp3) is 0.267. The van der Waals surface area contributed by atoms with Crippen molar-refractivity contribution in [3.63, 3.8) is 0 Å². The zero-order valence-electron chi connectivity index (χ0n) is 11.8. The van der Waals surface area contributed by atoms with Crippen molar-refractivity contribution < 1.29 is 31.3 Å². The molecule has 4 nitrogen and oxygen atoms in total. The Morgan fingerprint density at radius 1 is 1.33 bits per heavy atom. The Hall–Kier alpha value is -1.53. The third-order valence-corrected chi connectivity index (χ3v) is 3.88. The Balaban J connectivity index is 0.00000220. The Bertz CT molecular complexity index is 612. The van der Waals surface area contributed by atoms with Gasteiger partial charge in [-0.15, -0.1) is 0 Å². The molecule has 0 aliphatic heterocycles. The van der Waals surface area contributed by atoms with E-state index in [1.165, 1.54) is 18.3 Å². The summed E-state index contributed by atoms with van der Waals surface area (Å²) >= 11 is 1.47. The number of ether oxygens (including phenoxy) is 1. The molecule has 6 heteroatoms. The van der Waals surface area contributed by atoms with Gasteiger partial charge in [-0.25, -0.2) is 4.57 Å². The number of thiazole rings is 1. The molecule has 0 bridgehead atoms. The lowest BCUT2D eigenvalue weighted by Gasteiger charge is -2.09. The van der Waals surface area contributed by atoms with Gasteiger partial charge in [0.1, 0.15) is 6.54 Å². The normalized spacial score (nSPS) is 11.3. The van der Waals surface area contributed by atoms with E-state index in [0.717, 1.165) is 5.01 Å². The fourth-order valence-electron chi connectivity index (χ4n) is 1.94. The molecule has 1 unspecified atom stereocenters. The fourth-order valence-corrected chi connectivity index (χ4v) is 2.79. The molecule has 21 heavy (non-hydrogen) atoms. The van der Waals surface area contributed by atoms with Crippen LogP contribution in [-0.2, 0) is 16.1 Å². The van der Waals surface area contributed by atoms with Gasteiger partial charge in [0, 0.05) is 23.8 Å². The van der Waals surface area contributed by atoms with Crippen LogP contribution in [0.3, 0.4) is 0 Å². The molecule has 1 aromatic heterocycles. The number of aromatic nitrogens is 1. The number of ketones is 1. The van der Waals surface area contributed by atoms with Gasteiger partial charge < -0.3 is 21.7 Å². The predicted molar refractivity (Wildman–Crippen MR) is 77.7 cm³/mol. The number of halogens is 1. The number of rotatable bonds is 5. The predicted octanol–water partition coefficient (Wildman–Crippen LogP) is 0.342. The van der Waals surface area contributed by atoms with Crippen LogP contribution in [0.1, 0.15) is 35.3 Å². The molecule has 2 rings (SSSR count). The van der Waals surface area contributed by atoms with E-state index in [1.54, 1.807) is 19.1 Å². The van der Waals surface area contributed by atoms with Gasteiger partial charge in [0.05, 0.1) is 0 Å². The highest BCUT2D eigenvalue weighted by Gasteiger charge is 2.22. The summed E-state index contributed by atoms with van der Waals surface area (Å²) in [5, 5.41) is 2.73. The van der Waals surface area contributed by atoms with E-state index in [2.05, 4.69) is 0 Å². The first-order chi connectivity index (χ1) is 9.58. The van der Waals surface area contributed by atoms with Crippen LogP contribution < -0.4 is 17.0 Å². The summed E-state index contributed by atoms with van der Waals surface area (Å²) in [6, 6.07) is 9.15. The van der Waals surface area contributed by atoms with Crippen molar-refractivity contribution in [2.75, 3.05) is 0 Å². The average molecular weight is 370 g/mol. The molecule has 0 spiro atoms. The number of hydrogen-bond acceptors (Lipinski definition) is 4. The molecule has 1 aromatic carbocycles. The minimum absolute atomic E-state index is 0. The summed E-state index contributed by atoms with van der Waals surface area (Å²) in [7, 11) is 0. The molecule has 0 saturated heterocycles.